The van der Waals surface area contributed by atoms with Crippen molar-refractivity contribution >= 4 is 50.5 Å². The number of carbonyl (C=O) groups is 2. The number of thiophene rings is 1. The molecule has 142 valence electrons. The second kappa shape index (κ2) is 8.77. The van der Waals surface area contributed by atoms with E-state index in [1.165, 1.54) is 29.5 Å². The van der Waals surface area contributed by atoms with Crippen LogP contribution in [0.4, 0.5) is 11.4 Å². The summed E-state index contributed by atoms with van der Waals surface area (Å²) in [5.41, 5.74) is 0.709. The van der Waals surface area contributed by atoms with Gasteiger partial charge in [-0.1, -0.05) is 36.4 Å². The number of hydrogen-bond donors (Lipinski definition) is 1. The van der Waals surface area contributed by atoms with Gasteiger partial charge in [-0.25, -0.2) is 4.79 Å². The molecule has 0 saturated carbocycles. The van der Waals surface area contributed by atoms with Crippen LogP contribution in [0.2, 0.25) is 0 Å². The Morgan fingerprint density at radius 2 is 1.86 bits per heavy atom. The molecular formula is C19H13BrN2O5S. The lowest BCUT2D eigenvalue weighted by molar-refractivity contribution is -0.384. The summed E-state index contributed by atoms with van der Waals surface area (Å²) in [6.45, 7) is 0. The van der Waals surface area contributed by atoms with E-state index in [9.17, 15) is 19.7 Å². The van der Waals surface area contributed by atoms with Crippen molar-refractivity contribution in [3.05, 3.63) is 91.1 Å². The minimum absolute atomic E-state index is 0.117. The molecule has 9 heteroatoms. The van der Waals surface area contributed by atoms with Crippen LogP contribution in [0.15, 0.2) is 70.5 Å². The van der Waals surface area contributed by atoms with E-state index in [0.717, 1.165) is 0 Å². The Labute approximate surface area is 172 Å². The Kier molecular flexibility index (Phi) is 6.17. The number of hydrogen-bond acceptors (Lipinski definition) is 6. The smallest absolute Gasteiger partial charge is 0.349 e. The van der Waals surface area contributed by atoms with Crippen molar-refractivity contribution in [1.29, 1.82) is 0 Å². The number of nitro groups is 1. The van der Waals surface area contributed by atoms with E-state index in [-0.39, 0.29) is 5.69 Å². The summed E-state index contributed by atoms with van der Waals surface area (Å²) < 4.78 is 5.79. The second-order valence-electron chi connectivity index (χ2n) is 5.58. The highest BCUT2D eigenvalue weighted by Gasteiger charge is 2.27. The number of amides is 1. The van der Waals surface area contributed by atoms with Crippen LogP contribution in [-0.4, -0.2) is 16.8 Å². The molecule has 7 nitrogen and oxygen atoms in total. The van der Waals surface area contributed by atoms with Gasteiger partial charge in [0.2, 0.25) is 6.10 Å². The Morgan fingerprint density at radius 3 is 2.46 bits per heavy atom. The maximum Gasteiger partial charge on any atom is 0.349 e. The van der Waals surface area contributed by atoms with Crippen LogP contribution in [-0.2, 0) is 9.53 Å². The number of benzene rings is 2. The standard InChI is InChI=1S/C19H13BrN2O5S/c20-14-11-13(22(25)26)8-9-15(14)21-18(23)17(12-5-2-1-3-6-12)27-19(24)16-7-4-10-28-16/h1-11,17H,(H,21,23)/t17-/m1/s1. The largest absolute Gasteiger partial charge is 0.443 e. The van der Waals surface area contributed by atoms with Gasteiger partial charge in [-0.15, -0.1) is 11.3 Å². The topological polar surface area (TPSA) is 98.5 Å². The number of anilines is 1. The predicted octanol–water partition coefficient (Wildman–Crippen LogP) is 4.96. The molecule has 0 spiro atoms. The average Bonchev–Trinajstić information content (AvgIpc) is 3.23. The number of esters is 1. The summed E-state index contributed by atoms with van der Waals surface area (Å²) in [5.74, 6) is -1.19. The zero-order valence-corrected chi connectivity index (χ0v) is 16.6. The van der Waals surface area contributed by atoms with Crippen LogP contribution < -0.4 is 5.32 Å². The van der Waals surface area contributed by atoms with Crippen molar-refractivity contribution in [2.24, 2.45) is 0 Å². The van der Waals surface area contributed by atoms with Crippen LogP contribution in [0.5, 0.6) is 0 Å². The van der Waals surface area contributed by atoms with E-state index >= 15 is 0 Å². The summed E-state index contributed by atoms with van der Waals surface area (Å²) in [4.78, 5) is 35.9. The highest BCUT2D eigenvalue weighted by Crippen LogP contribution is 2.29. The molecule has 1 N–H and O–H groups in total. The van der Waals surface area contributed by atoms with Crippen molar-refractivity contribution in [3.8, 4) is 0 Å². The normalized spacial score (nSPS) is 11.5. The first-order chi connectivity index (χ1) is 13.5. The first-order valence-corrected chi connectivity index (χ1v) is 9.67. The van der Waals surface area contributed by atoms with E-state index in [4.69, 9.17) is 4.74 Å². The van der Waals surface area contributed by atoms with Gasteiger partial charge in [-0.05, 0) is 33.4 Å². The molecule has 0 aliphatic heterocycles. The molecular weight excluding hydrogens is 448 g/mol. The Morgan fingerprint density at radius 1 is 1.11 bits per heavy atom. The van der Waals surface area contributed by atoms with Gasteiger partial charge in [-0.2, -0.15) is 0 Å². The molecule has 0 radical (unpaired) electrons. The Bertz CT molecular complexity index is 1010. The van der Waals surface area contributed by atoms with Crippen molar-refractivity contribution in [2.75, 3.05) is 5.32 Å². The van der Waals surface area contributed by atoms with Gasteiger partial charge in [0.25, 0.3) is 11.6 Å². The monoisotopic (exact) mass is 460 g/mol. The van der Waals surface area contributed by atoms with Crippen LogP contribution in [0.1, 0.15) is 21.3 Å². The number of carbonyl (C=O) groups excluding carboxylic acids is 2. The molecule has 0 fully saturated rings. The lowest BCUT2D eigenvalue weighted by Gasteiger charge is -2.18. The minimum atomic E-state index is -1.18. The number of non-ortho nitro benzene ring substituents is 1. The molecule has 0 aliphatic rings. The highest BCUT2D eigenvalue weighted by atomic mass is 79.9. The molecule has 0 saturated heterocycles. The SMILES string of the molecule is O=C(O[C@@H](C(=O)Nc1ccc([N+](=O)[O-])cc1Br)c1ccccc1)c1cccs1. The summed E-state index contributed by atoms with van der Waals surface area (Å²) in [5, 5.41) is 15.2. The van der Waals surface area contributed by atoms with Gasteiger partial charge < -0.3 is 10.1 Å². The zero-order chi connectivity index (χ0) is 20.1. The molecule has 2 aromatic carbocycles. The number of halogens is 1. The quantitative estimate of drug-likeness (QED) is 0.318. The number of nitrogens with zero attached hydrogens (tertiary/aromatic N) is 1. The van der Waals surface area contributed by atoms with Crippen LogP contribution >= 0.6 is 27.3 Å². The van der Waals surface area contributed by atoms with Gasteiger partial charge in [0.05, 0.1) is 10.6 Å². The molecule has 3 aromatic rings. The molecule has 3 rings (SSSR count). The van der Waals surface area contributed by atoms with Crippen molar-refractivity contribution in [2.45, 2.75) is 6.10 Å². The van der Waals surface area contributed by atoms with Crippen molar-refractivity contribution in [3.63, 3.8) is 0 Å². The third kappa shape index (κ3) is 4.62. The van der Waals surface area contributed by atoms with E-state index < -0.39 is 22.9 Å². The van der Waals surface area contributed by atoms with Gasteiger partial charge in [0.1, 0.15) is 4.88 Å². The van der Waals surface area contributed by atoms with E-state index in [2.05, 4.69) is 21.2 Å². The van der Waals surface area contributed by atoms with E-state index in [1.807, 2.05) is 0 Å². The zero-order valence-electron chi connectivity index (χ0n) is 14.2. The number of nitro benzene ring substituents is 1. The van der Waals surface area contributed by atoms with Crippen LogP contribution in [0.3, 0.4) is 0 Å². The molecule has 1 aromatic heterocycles. The Hall–Kier alpha value is -3.04. The number of ether oxygens (including phenoxy) is 1. The average molecular weight is 461 g/mol. The van der Waals surface area contributed by atoms with Gasteiger partial charge >= 0.3 is 5.97 Å². The first kappa shape index (κ1) is 19.7. The molecule has 28 heavy (non-hydrogen) atoms. The summed E-state index contributed by atoms with van der Waals surface area (Å²) >= 11 is 4.42. The molecule has 0 bridgehead atoms. The highest BCUT2D eigenvalue weighted by molar-refractivity contribution is 9.10. The second-order valence-corrected chi connectivity index (χ2v) is 7.39. The van der Waals surface area contributed by atoms with Crippen molar-refractivity contribution in [1.82, 2.24) is 0 Å². The maximum atomic E-state index is 12.8. The lowest BCUT2D eigenvalue weighted by Crippen LogP contribution is -2.25. The lowest BCUT2D eigenvalue weighted by atomic mass is 10.1. The Balaban J connectivity index is 1.84. The third-order valence-corrected chi connectivity index (χ3v) is 5.22. The number of nitrogens with one attached hydrogen (secondary N) is 1. The fraction of sp³-hybridized carbons (Fsp3) is 0.0526. The van der Waals surface area contributed by atoms with Crippen LogP contribution in [0.25, 0.3) is 0 Å². The molecule has 1 atom stereocenters. The van der Waals surface area contributed by atoms with E-state index in [1.54, 1.807) is 47.8 Å². The fourth-order valence-corrected chi connectivity index (χ4v) is 3.45. The summed E-state index contributed by atoms with van der Waals surface area (Å²) in [7, 11) is 0. The summed E-state index contributed by atoms with van der Waals surface area (Å²) in [6, 6.07) is 15.9. The van der Waals surface area contributed by atoms with Gasteiger partial charge in [-0.3, -0.25) is 14.9 Å². The van der Waals surface area contributed by atoms with Gasteiger partial charge in [0, 0.05) is 22.2 Å². The van der Waals surface area contributed by atoms with E-state index in [0.29, 0.717) is 20.6 Å². The molecule has 0 unspecified atom stereocenters. The fourth-order valence-electron chi connectivity index (χ4n) is 2.38. The predicted molar refractivity (Wildman–Crippen MR) is 108 cm³/mol. The number of rotatable bonds is 6. The van der Waals surface area contributed by atoms with Crippen LogP contribution in [0, 0.1) is 10.1 Å². The first-order valence-electron chi connectivity index (χ1n) is 8.00. The molecule has 1 amide bonds. The van der Waals surface area contributed by atoms with Gasteiger partial charge in [0.15, 0.2) is 0 Å². The maximum absolute atomic E-state index is 12.8. The summed E-state index contributed by atoms with van der Waals surface area (Å²) in [6.07, 6.45) is -1.18. The van der Waals surface area contributed by atoms with Crippen molar-refractivity contribution < 1.29 is 19.2 Å². The third-order valence-electron chi connectivity index (χ3n) is 3.71. The molecule has 1 heterocycles. The minimum Gasteiger partial charge on any atom is -0.443 e. The molecule has 0 aliphatic carbocycles.